The molecule has 0 radical (unpaired) electrons. The number of rotatable bonds is 6. The normalized spacial score (nSPS) is 16.2. The molecule has 0 spiro atoms. The molecule has 0 aliphatic heterocycles. The van der Waals surface area contributed by atoms with Crippen LogP contribution in [0.4, 0.5) is 13.2 Å². The lowest BCUT2D eigenvalue weighted by molar-refractivity contribution is -0.136. The van der Waals surface area contributed by atoms with E-state index in [9.17, 15) is 18.0 Å². The summed E-state index contributed by atoms with van der Waals surface area (Å²) in [6.07, 6.45) is 3.02. The van der Waals surface area contributed by atoms with Crippen LogP contribution in [0.1, 0.15) is 37.7 Å². The van der Waals surface area contributed by atoms with Crippen LogP contribution in [0.2, 0.25) is 0 Å². The van der Waals surface area contributed by atoms with Crippen LogP contribution in [0.15, 0.2) is 24.4 Å². The molecule has 1 amide bonds. The molecule has 1 aromatic heterocycles. The van der Waals surface area contributed by atoms with Gasteiger partial charge in [-0.25, -0.2) is 0 Å². The van der Waals surface area contributed by atoms with Crippen molar-refractivity contribution in [1.29, 1.82) is 0 Å². The van der Waals surface area contributed by atoms with Gasteiger partial charge in [-0.15, -0.1) is 0 Å². The lowest BCUT2D eigenvalue weighted by Gasteiger charge is -2.31. The van der Waals surface area contributed by atoms with Gasteiger partial charge in [-0.2, -0.15) is 18.3 Å². The van der Waals surface area contributed by atoms with Crippen molar-refractivity contribution in [1.82, 2.24) is 20.0 Å². The van der Waals surface area contributed by atoms with E-state index in [1.807, 2.05) is 0 Å². The molecular weight excluding hydrogens is 357 g/mol. The average molecular weight is 382 g/mol. The summed E-state index contributed by atoms with van der Waals surface area (Å²) in [7, 11) is 2.05. The number of nitrogens with zero attached hydrogens (tertiary/aromatic N) is 3. The Labute approximate surface area is 156 Å². The Balaban J connectivity index is 1.58. The second kappa shape index (κ2) is 8.29. The lowest BCUT2D eigenvalue weighted by atomic mass is 9.94. The summed E-state index contributed by atoms with van der Waals surface area (Å²) >= 11 is 0. The maximum Gasteiger partial charge on any atom is 0.418 e. The first-order chi connectivity index (χ1) is 12.9. The van der Waals surface area contributed by atoms with Crippen LogP contribution in [0.25, 0.3) is 10.9 Å². The number of amides is 1. The number of likely N-dealkylation sites (N-methyl/N-ethyl adjacent to an activating group) is 1. The second-order valence-electron chi connectivity index (χ2n) is 7.17. The van der Waals surface area contributed by atoms with Crippen LogP contribution < -0.4 is 5.32 Å². The number of carbonyl (C=O) groups is 1. The monoisotopic (exact) mass is 382 g/mol. The highest BCUT2D eigenvalue weighted by Gasteiger charge is 2.34. The van der Waals surface area contributed by atoms with Crippen molar-refractivity contribution in [3.63, 3.8) is 0 Å². The van der Waals surface area contributed by atoms with Gasteiger partial charge in [-0.1, -0.05) is 31.4 Å². The Hall–Kier alpha value is -2.09. The fourth-order valence-electron chi connectivity index (χ4n) is 3.76. The third-order valence-electron chi connectivity index (χ3n) is 5.25. The van der Waals surface area contributed by atoms with E-state index < -0.39 is 11.7 Å². The molecule has 1 aromatic carbocycles. The Kier molecular flexibility index (Phi) is 6.04. The smallest absolute Gasteiger partial charge is 0.353 e. The number of hydrogen-bond donors (Lipinski definition) is 1. The molecule has 0 saturated heterocycles. The Morgan fingerprint density at radius 2 is 2.04 bits per heavy atom. The summed E-state index contributed by atoms with van der Waals surface area (Å²) in [5.41, 5.74) is -0.832. The molecule has 0 bridgehead atoms. The lowest BCUT2D eigenvalue weighted by Crippen LogP contribution is -2.40. The molecule has 0 unspecified atom stereocenters. The van der Waals surface area contributed by atoms with Crippen molar-refractivity contribution in [3.8, 4) is 0 Å². The molecule has 148 valence electrons. The minimum atomic E-state index is -4.49. The van der Waals surface area contributed by atoms with Crippen molar-refractivity contribution >= 4 is 16.8 Å². The average Bonchev–Trinajstić information content (AvgIpc) is 3.04. The minimum absolute atomic E-state index is 0.0560. The molecule has 1 N–H and O–H groups in total. The molecular formula is C19H25F3N4O. The van der Waals surface area contributed by atoms with Gasteiger partial charge in [0.1, 0.15) is 6.54 Å². The summed E-state index contributed by atoms with van der Waals surface area (Å²) in [6.45, 7) is 0.963. The maximum atomic E-state index is 13.2. The predicted molar refractivity (Wildman–Crippen MR) is 97.2 cm³/mol. The zero-order chi connectivity index (χ0) is 19.4. The van der Waals surface area contributed by atoms with Crippen LogP contribution in [0, 0.1) is 0 Å². The highest BCUT2D eigenvalue weighted by molar-refractivity contribution is 5.84. The molecule has 8 heteroatoms. The molecule has 1 saturated carbocycles. The van der Waals surface area contributed by atoms with Gasteiger partial charge in [0.05, 0.1) is 17.3 Å². The predicted octanol–water partition coefficient (Wildman–Crippen LogP) is 3.44. The van der Waals surface area contributed by atoms with Crippen LogP contribution in [-0.4, -0.2) is 46.8 Å². The van der Waals surface area contributed by atoms with Gasteiger partial charge in [-0.05, 0) is 26.0 Å². The number of nitrogens with one attached hydrogen (secondary N) is 1. The summed E-state index contributed by atoms with van der Waals surface area (Å²) < 4.78 is 40.8. The number of benzene rings is 1. The number of fused-ring (bicyclic) bond motifs is 1. The molecule has 1 aliphatic rings. The van der Waals surface area contributed by atoms with E-state index in [1.54, 1.807) is 6.07 Å². The van der Waals surface area contributed by atoms with Crippen molar-refractivity contribution < 1.29 is 18.0 Å². The second-order valence-corrected chi connectivity index (χ2v) is 7.17. The number of carbonyl (C=O) groups excluding carboxylic acids is 1. The van der Waals surface area contributed by atoms with E-state index in [2.05, 4.69) is 22.4 Å². The van der Waals surface area contributed by atoms with Gasteiger partial charge >= 0.3 is 6.18 Å². The highest BCUT2D eigenvalue weighted by atomic mass is 19.4. The first-order valence-corrected chi connectivity index (χ1v) is 9.35. The minimum Gasteiger partial charge on any atom is -0.353 e. The first kappa shape index (κ1) is 19.7. The van der Waals surface area contributed by atoms with Gasteiger partial charge in [0, 0.05) is 24.5 Å². The van der Waals surface area contributed by atoms with E-state index in [0.717, 1.165) is 17.3 Å². The van der Waals surface area contributed by atoms with Crippen LogP contribution in [-0.2, 0) is 17.5 Å². The number of halogens is 3. The molecule has 3 rings (SSSR count). The summed E-state index contributed by atoms with van der Waals surface area (Å²) in [4.78, 5) is 14.5. The molecule has 0 atom stereocenters. The van der Waals surface area contributed by atoms with E-state index in [1.165, 1.54) is 44.4 Å². The maximum absolute atomic E-state index is 13.2. The molecule has 1 aliphatic carbocycles. The number of hydrogen-bond acceptors (Lipinski definition) is 3. The third kappa shape index (κ3) is 4.80. The van der Waals surface area contributed by atoms with Crippen LogP contribution in [0.5, 0.6) is 0 Å². The molecule has 2 aromatic rings. The Morgan fingerprint density at radius 3 is 2.74 bits per heavy atom. The fourth-order valence-corrected chi connectivity index (χ4v) is 3.76. The number of aromatic nitrogens is 2. The van der Waals surface area contributed by atoms with Gasteiger partial charge in [0.15, 0.2) is 0 Å². The standard InChI is InChI=1S/C19H25F3N4O/c1-25(15-7-3-2-4-8-15)11-10-23-17(27)13-26-18-14(12-24-26)6-5-9-16(18)19(20,21)22/h5-6,9,12,15H,2-4,7-8,10-11,13H2,1H3,(H,23,27). The van der Waals surface area contributed by atoms with Crippen molar-refractivity contribution in [2.75, 3.05) is 20.1 Å². The topological polar surface area (TPSA) is 50.2 Å². The summed E-state index contributed by atoms with van der Waals surface area (Å²) in [5, 5.41) is 7.13. The molecule has 1 fully saturated rings. The fraction of sp³-hybridized carbons (Fsp3) is 0.579. The SMILES string of the molecule is CN(CCNC(=O)Cn1ncc2cccc(C(F)(F)F)c21)C1CCCCC1. The zero-order valence-corrected chi connectivity index (χ0v) is 15.4. The molecule has 1 heterocycles. The quantitative estimate of drug-likeness (QED) is 0.833. The van der Waals surface area contributed by atoms with Gasteiger partial charge in [0.2, 0.25) is 5.91 Å². The largest absolute Gasteiger partial charge is 0.418 e. The third-order valence-corrected chi connectivity index (χ3v) is 5.25. The van der Waals surface area contributed by atoms with Crippen molar-refractivity contribution in [2.45, 2.75) is 50.9 Å². The molecule has 5 nitrogen and oxygen atoms in total. The zero-order valence-electron chi connectivity index (χ0n) is 15.4. The number of alkyl halides is 3. The summed E-state index contributed by atoms with van der Waals surface area (Å²) in [5.74, 6) is -0.339. The highest BCUT2D eigenvalue weighted by Crippen LogP contribution is 2.34. The van der Waals surface area contributed by atoms with E-state index in [0.29, 0.717) is 18.0 Å². The Morgan fingerprint density at radius 1 is 1.30 bits per heavy atom. The number of para-hydroxylation sites is 1. The van der Waals surface area contributed by atoms with Gasteiger partial charge in [-0.3, -0.25) is 9.48 Å². The van der Waals surface area contributed by atoms with Crippen LogP contribution >= 0.6 is 0 Å². The Bertz CT molecular complexity index is 781. The van der Waals surface area contributed by atoms with E-state index >= 15 is 0 Å². The summed E-state index contributed by atoms with van der Waals surface area (Å²) in [6, 6.07) is 4.47. The first-order valence-electron chi connectivity index (χ1n) is 9.35. The van der Waals surface area contributed by atoms with E-state index in [4.69, 9.17) is 0 Å². The van der Waals surface area contributed by atoms with Crippen LogP contribution in [0.3, 0.4) is 0 Å². The van der Waals surface area contributed by atoms with Crippen molar-refractivity contribution in [2.24, 2.45) is 0 Å². The van der Waals surface area contributed by atoms with E-state index in [-0.39, 0.29) is 18.0 Å². The van der Waals surface area contributed by atoms with Crippen molar-refractivity contribution in [3.05, 3.63) is 30.0 Å². The van der Waals surface area contributed by atoms with Gasteiger partial charge < -0.3 is 10.2 Å². The molecule has 27 heavy (non-hydrogen) atoms. The van der Waals surface area contributed by atoms with Gasteiger partial charge in [0.25, 0.3) is 0 Å².